The summed E-state index contributed by atoms with van der Waals surface area (Å²) in [6, 6.07) is 11.4. The fourth-order valence-electron chi connectivity index (χ4n) is 2.11. The third-order valence-corrected chi connectivity index (χ3v) is 5.56. The maximum atomic E-state index is 13.7. The van der Waals surface area contributed by atoms with Gasteiger partial charge in [0.25, 0.3) is 0 Å². The third-order valence-electron chi connectivity index (χ3n) is 3.49. The normalized spacial score (nSPS) is 12.0. The van der Waals surface area contributed by atoms with E-state index in [2.05, 4.69) is 10.3 Å². The molecule has 0 bridgehead atoms. The average molecular weight is 394 g/mol. The number of rotatable bonds is 5. The van der Waals surface area contributed by atoms with Crippen LogP contribution in [-0.2, 0) is 4.79 Å². The van der Waals surface area contributed by atoms with E-state index in [1.807, 2.05) is 35.7 Å². The minimum absolute atomic E-state index is 0.398. The number of carbonyl (C=O) groups is 1. The van der Waals surface area contributed by atoms with E-state index in [1.165, 1.54) is 23.1 Å². The summed E-state index contributed by atoms with van der Waals surface area (Å²) in [7, 11) is 0. The van der Waals surface area contributed by atoms with Gasteiger partial charge in [-0.15, -0.1) is 11.3 Å². The molecule has 0 aliphatic rings. The highest BCUT2D eigenvalue weighted by molar-refractivity contribution is 8.02. The van der Waals surface area contributed by atoms with Crippen molar-refractivity contribution in [1.29, 1.82) is 0 Å². The van der Waals surface area contributed by atoms with Crippen LogP contribution in [0.3, 0.4) is 0 Å². The van der Waals surface area contributed by atoms with Crippen molar-refractivity contribution in [1.82, 2.24) is 4.98 Å². The van der Waals surface area contributed by atoms with Crippen molar-refractivity contribution < 1.29 is 18.0 Å². The van der Waals surface area contributed by atoms with Crippen LogP contribution in [0.2, 0.25) is 0 Å². The molecule has 0 fully saturated rings. The van der Waals surface area contributed by atoms with E-state index in [0.29, 0.717) is 4.34 Å². The SMILES string of the molecule is C[C@@H](Sc1nc(-c2ccccc2)cs1)C(=O)Nc1ccc(F)c(F)c1F. The van der Waals surface area contributed by atoms with Gasteiger partial charge in [0, 0.05) is 10.9 Å². The molecule has 1 amide bonds. The van der Waals surface area contributed by atoms with E-state index >= 15 is 0 Å². The lowest BCUT2D eigenvalue weighted by Crippen LogP contribution is -2.23. The van der Waals surface area contributed by atoms with Gasteiger partial charge in [0.2, 0.25) is 5.91 Å². The van der Waals surface area contributed by atoms with Crippen molar-refractivity contribution in [2.24, 2.45) is 0 Å². The number of nitrogens with zero attached hydrogens (tertiary/aromatic N) is 1. The molecule has 2 aromatic carbocycles. The first kappa shape index (κ1) is 18.5. The predicted molar refractivity (Wildman–Crippen MR) is 97.8 cm³/mol. The summed E-state index contributed by atoms with van der Waals surface area (Å²) in [6.07, 6.45) is 0. The molecular weight excluding hydrogens is 381 g/mol. The van der Waals surface area contributed by atoms with Crippen molar-refractivity contribution in [3.05, 3.63) is 65.3 Å². The summed E-state index contributed by atoms with van der Waals surface area (Å²) in [5.41, 5.74) is 1.37. The van der Waals surface area contributed by atoms with Crippen LogP contribution in [0.25, 0.3) is 11.3 Å². The second-order valence-electron chi connectivity index (χ2n) is 5.34. The Morgan fingerprint density at radius 1 is 1.12 bits per heavy atom. The second kappa shape index (κ2) is 7.92. The molecule has 134 valence electrons. The van der Waals surface area contributed by atoms with Gasteiger partial charge in [-0.3, -0.25) is 4.79 Å². The van der Waals surface area contributed by atoms with E-state index in [0.717, 1.165) is 23.4 Å². The van der Waals surface area contributed by atoms with E-state index in [9.17, 15) is 18.0 Å². The van der Waals surface area contributed by atoms with E-state index in [4.69, 9.17) is 0 Å². The Bertz CT molecular complexity index is 931. The van der Waals surface area contributed by atoms with Crippen LogP contribution in [0.4, 0.5) is 18.9 Å². The summed E-state index contributed by atoms with van der Waals surface area (Å²) >= 11 is 2.60. The van der Waals surface area contributed by atoms with Gasteiger partial charge in [0.1, 0.15) is 0 Å². The molecule has 8 heteroatoms. The van der Waals surface area contributed by atoms with Gasteiger partial charge in [-0.05, 0) is 19.1 Å². The zero-order chi connectivity index (χ0) is 18.7. The standard InChI is InChI=1S/C18H13F3N2OS2/c1-10(17(24)22-13-8-7-12(19)15(20)16(13)21)26-18-23-14(9-25-18)11-5-3-2-4-6-11/h2-10H,1H3,(H,22,24)/t10-/m1/s1. The maximum Gasteiger partial charge on any atom is 0.237 e. The fraction of sp³-hybridized carbons (Fsp3) is 0.111. The number of thiazole rings is 1. The van der Waals surface area contributed by atoms with Crippen LogP contribution in [0.1, 0.15) is 6.92 Å². The zero-order valence-electron chi connectivity index (χ0n) is 13.5. The maximum absolute atomic E-state index is 13.7. The van der Waals surface area contributed by atoms with Crippen LogP contribution in [0, 0.1) is 17.5 Å². The fourth-order valence-corrected chi connectivity index (χ4v) is 4.09. The number of benzene rings is 2. The number of halogens is 3. The van der Waals surface area contributed by atoms with Gasteiger partial charge >= 0.3 is 0 Å². The molecule has 0 spiro atoms. The predicted octanol–water partition coefficient (Wildman–Crippen LogP) is 5.35. The first-order valence-electron chi connectivity index (χ1n) is 7.57. The van der Waals surface area contributed by atoms with Gasteiger partial charge in [-0.1, -0.05) is 42.1 Å². The number of carbonyl (C=O) groups excluding carboxylic acids is 1. The highest BCUT2D eigenvalue weighted by Gasteiger charge is 2.20. The summed E-state index contributed by atoms with van der Waals surface area (Å²) < 4.78 is 40.5. The Hall–Kier alpha value is -2.32. The van der Waals surface area contributed by atoms with Crippen molar-refractivity contribution in [2.75, 3.05) is 5.32 Å². The number of hydrogen-bond acceptors (Lipinski definition) is 4. The molecule has 3 aromatic rings. The number of aromatic nitrogens is 1. The summed E-state index contributed by atoms with van der Waals surface area (Å²) in [5, 5.41) is 3.56. The van der Waals surface area contributed by atoms with Crippen LogP contribution < -0.4 is 5.32 Å². The van der Waals surface area contributed by atoms with E-state index < -0.39 is 34.3 Å². The molecule has 0 radical (unpaired) electrons. The van der Waals surface area contributed by atoms with Gasteiger partial charge < -0.3 is 5.32 Å². The molecule has 3 nitrogen and oxygen atoms in total. The molecule has 0 saturated heterocycles. The topological polar surface area (TPSA) is 42.0 Å². The lowest BCUT2D eigenvalue weighted by molar-refractivity contribution is -0.115. The van der Waals surface area contributed by atoms with Crippen LogP contribution >= 0.6 is 23.1 Å². The van der Waals surface area contributed by atoms with Gasteiger partial charge in [-0.2, -0.15) is 0 Å². The summed E-state index contributed by atoms with van der Waals surface area (Å²) in [6.45, 7) is 1.63. The largest absolute Gasteiger partial charge is 0.323 e. The number of amides is 1. The van der Waals surface area contributed by atoms with Crippen molar-refractivity contribution in [3.63, 3.8) is 0 Å². The number of thioether (sulfide) groups is 1. The number of anilines is 1. The van der Waals surface area contributed by atoms with Gasteiger partial charge in [0.15, 0.2) is 21.8 Å². The monoisotopic (exact) mass is 394 g/mol. The van der Waals surface area contributed by atoms with Crippen LogP contribution in [0.15, 0.2) is 52.2 Å². The Morgan fingerprint density at radius 2 is 1.85 bits per heavy atom. The Balaban J connectivity index is 1.67. The summed E-state index contributed by atoms with van der Waals surface area (Å²) in [5.74, 6) is -4.87. The van der Waals surface area contributed by atoms with E-state index in [1.54, 1.807) is 6.92 Å². The Labute approximate surface area is 156 Å². The summed E-state index contributed by atoms with van der Waals surface area (Å²) in [4.78, 5) is 16.7. The third kappa shape index (κ3) is 4.08. The Morgan fingerprint density at radius 3 is 2.58 bits per heavy atom. The highest BCUT2D eigenvalue weighted by atomic mass is 32.2. The minimum atomic E-state index is -1.62. The minimum Gasteiger partial charge on any atom is -0.323 e. The highest BCUT2D eigenvalue weighted by Crippen LogP contribution is 2.31. The van der Waals surface area contributed by atoms with Crippen LogP contribution in [-0.4, -0.2) is 16.1 Å². The average Bonchev–Trinajstić information content (AvgIpc) is 3.11. The number of hydrogen-bond donors (Lipinski definition) is 1. The molecule has 1 N–H and O–H groups in total. The molecule has 0 unspecified atom stereocenters. The molecule has 0 saturated carbocycles. The van der Waals surface area contributed by atoms with E-state index in [-0.39, 0.29) is 0 Å². The smallest absolute Gasteiger partial charge is 0.237 e. The van der Waals surface area contributed by atoms with Crippen molar-refractivity contribution in [3.8, 4) is 11.3 Å². The molecule has 0 aliphatic carbocycles. The first-order chi connectivity index (χ1) is 12.5. The van der Waals surface area contributed by atoms with Gasteiger partial charge in [-0.25, -0.2) is 18.2 Å². The first-order valence-corrected chi connectivity index (χ1v) is 9.33. The molecule has 3 rings (SSSR count). The Kier molecular flexibility index (Phi) is 5.63. The molecule has 26 heavy (non-hydrogen) atoms. The molecule has 1 heterocycles. The lowest BCUT2D eigenvalue weighted by atomic mass is 10.2. The second-order valence-corrected chi connectivity index (χ2v) is 7.78. The van der Waals surface area contributed by atoms with Crippen molar-refractivity contribution in [2.45, 2.75) is 16.5 Å². The van der Waals surface area contributed by atoms with Crippen molar-refractivity contribution >= 4 is 34.7 Å². The zero-order valence-corrected chi connectivity index (χ0v) is 15.1. The number of nitrogens with one attached hydrogen (secondary N) is 1. The lowest BCUT2D eigenvalue weighted by Gasteiger charge is -2.11. The molecule has 1 aromatic heterocycles. The van der Waals surface area contributed by atoms with Gasteiger partial charge in [0.05, 0.1) is 16.6 Å². The quantitative estimate of drug-likeness (QED) is 0.469. The molecular formula is C18H13F3N2OS2. The van der Waals surface area contributed by atoms with Crippen LogP contribution in [0.5, 0.6) is 0 Å². The molecule has 1 atom stereocenters. The molecule has 0 aliphatic heterocycles.